The summed E-state index contributed by atoms with van der Waals surface area (Å²) < 4.78 is 8.67. The van der Waals surface area contributed by atoms with E-state index in [1.165, 1.54) is 25.8 Å². The third-order valence-electron chi connectivity index (χ3n) is 5.37. The van der Waals surface area contributed by atoms with E-state index in [0.29, 0.717) is 0 Å². The minimum absolute atomic E-state index is 0.0928. The zero-order valence-electron chi connectivity index (χ0n) is 17.0. The van der Waals surface area contributed by atoms with Gasteiger partial charge in [0.1, 0.15) is 11.5 Å². The van der Waals surface area contributed by atoms with Gasteiger partial charge in [-0.3, -0.25) is 0 Å². The van der Waals surface area contributed by atoms with Crippen molar-refractivity contribution in [1.82, 2.24) is 0 Å². The summed E-state index contributed by atoms with van der Waals surface area (Å²) >= 11 is 6.19. The predicted octanol–water partition coefficient (Wildman–Crippen LogP) is 8.08. The van der Waals surface area contributed by atoms with E-state index in [0.717, 1.165) is 16.0 Å². The first kappa shape index (κ1) is 20.2. The molecule has 0 N–H and O–H groups in total. The molecule has 0 saturated carbocycles. The van der Waals surface area contributed by atoms with Gasteiger partial charge < -0.3 is 4.74 Å². The van der Waals surface area contributed by atoms with Crippen LogP contribution in [0.15, 0.2) is 28.7 Å². The van der Waals surface area contributed by atoms with Crippen molar-refractivity contribution < 1.29 is 4.74 Å². The highest BCUT2D eigenvalue weighted by molar-refractivity contribution is 14.1. The Bertz CT molecular complexity index is 811. The van der Waals surface area contributed by atoms with Gasteiger partial charge in [-0.05, 0) is 72.6 Å². The Hall–Kier alpha value is -0.550. The summed E-state index contributed by atoms with van der Waals surface area (Å²) in [6.45, 7) is 18.2. The molecule has 26 heavy (non-hydrogen) atoms. The molecule has 1 heterocycles. The Morgan fingerprint density at radius 3 is 1.77 bits per heavy atom. The van der Waals surface area contributed by atoms with Crippen LogP contribution in [0.2, 0.25) is 0 Å². The molecule has 0 aromatic heterocycles. The van der Waals surface area contributed by atoms with Crippen LogP contribution in [-0.2, 0) is 16.2 Å². The van der Waals surface area contributed by atoms with Gasteiger partial charge in [-0.1, -0.05) is 67.5 Å². The van der Waals surface area contributed by atoms with E-state index in [-0.39, 0.29) is 16.2 Å². The molecule has 0 unspecified atom stereocenters. The van der Waals surface area contributed by atoms with Crippen LogP contribution in [-0.4, -0.2) is 0 Å². The molecule has 1 nitrogen and oxygen atoms in total. The van der Waals surface area contributed by atoms with Gasteiger partial charge >= 0.3 is 0 Å². The molecule has 2 aromatic carbocycles. The first-order chi connectivity index (χ1) is 11.7. The number of fused-ring (bicyclic) bond motifs is 2. The molecule has 140 valence electrons. The number of halogens is 2. The lowest BCUT2D eigenvalue weighted by Crippen LogP contribution is -2.27. The molecule has 3 heteroatoms. The zero-order chi connectivity index (χ0) is 19.7. The van der Waals surface area contributed by atoms with E-state index in [1.807, 2.05) is 0 Å². The molecule has 0 saturated heterocycles. The minimum Gasteiger partial charge on any atom is -0.454 e. The van der Waals surface area contributed by atoms with Gasteiger partial charge in [0, 0.05) is 16.5 Å². The summed E-state index contributed by atoms with van der Waals surface area (Å²) in [6.07, 6.45) is 0. The fourth-order valence-corrected chi connectivity index (χ4v) is 4.71. The van der Waals surface area contributed by atoms with E-state index in [4.69, 9.17) is 4.74 Å². The van der Waals surface area contributed by atoms with Crippen LogP contribution in [0.25, 0.3) is 0 Å². The monoisotopic (exact) mass is 526 g/mol. The van der Waals surface area contributed by atoms with Crippen LogP contribution in [0.3, 0.4) is 0 Å². The number of benzene rings is 2. The molecule has 0 amide bonds. The lowest BCUT2D eigenvalue weighted by Gasteiger charge is -2.38. The maximum absolute atomic E-state index is 6.46. The summed E-state index contributed by atoms with van der Waals surface area (Å²) in [4.78, 5) is 0. The van der Waals surface area contributed by atoms with Gasteiger partial charge in [-0.2, -0.15) is 0 Å². The van der Waals surface area contributed by atoms with Crippen molar-refractivity contribution in [3.63, 3.8) is 0 Å². The van der Waals surface area contributed by atoms with Crippen molar-refractivity contribution >= 4 is 38.5 Å². The SMILES string of the molecule is CC(C)(C)c1cc(Br)c2c(c1)C(C)(C)c1cc(C(C)(C)C)cc(I)c1O2. The number of ether oxygens (including phenoxy) is 1. The van der Waals surface area contributed by atoms with Crippen LogP contribution >= 0.6 is 38.5 Å². The van der Waals surface area contributed by atoms with E-state index in [9.17, 15) is 0 Å². The van der Waals surface area contributed by atoms with E-state index >= 15 is 0 Å². The van der Waals surface area contributed by atoms with Gasteiger partial charge in [0.15, 0.2) is 0 Å². The van der Waals surface area contributed by atoms with Gasteiger partial charge in [0.2, 0.25) is 0 Å². The maximum atomic E-state index is 6.46. The average molecular weight is 527 g/mol. The molecule has 1 aliphatic heterocycles. The topological polar surface area (TPSA) is 9.23 Å². The van der Waals surface area contributed by atoms with Gasteiger partial charge in [-0.15, -0.1) is 0 Å². The highest BCUT2D eigenvalue weighted by Crippen LogP contribution is 2.53. The Kier molecular flexibility index (Phi) is 4.84. The maximum Gasteiger partial charge on any atom is 0.145 e. The standard InChI is InChI=1S/C23H28BrIO/c1-21(2,3)13-9-15-19(17(24)11-13)26-20-16(23(15,7)8)10-14(12-18(20)25)22(4,5)6/h9-12H,1-8H3. The summed E-state index contributed by atoms with van der Waals surface area (Å²) in [5, 5.41) is 0. The second-order valence-corrected chi connectivity index (χ2v) is 11.9. The Labute approximate surface area is 180 Å². The van der Waals surface area contributed by atoms with E-state index in [2.05, 4.69) is 118 Å². The van der Waals surface area contributed by atoms with Crippen molar-refractivity contribution in [2.45, 2.75) is 71.6 Å². The van der Waals surface area contributed by atoms with Crippen molar-refractivity contribution in [3.8, 4) is 11.5 Å². The third-order valence-corrected chi connectivity index (χ3v) is 6.76. The summed E-state index contributed by atoms with van der Waals surface area (Å²) in [5.74, 6) is 1.96. The molecule has 0 radical (unpaired) electrons. The number of hydrogen-bond donors (Lipinski definition) is 0. The highest BCUT2D eigenvalue weighted by atomic mass is 127. The largest absolute Gasteiger partial charge is 0.454 e. The van der Waals surface area contributed by atoms with Crippen molar-refractivity contribution in [3.05, 3.63) is 54.6 Å². The molecule has 0 atom stereocenters. The summed E-state index contributed by atoms with van der Waals surface area (Å²) in [5.41, 5.74) is 5.30. The molecule has 1 aliphatic rings. The quantitative estimate of drug-likeness (QED) is 0.315. The fraction of sp³-hybridized carbons (Fsp3) is 0.478. The van der Waals surface area contributed by atoms with Crippen LogP contribution < -0.4 is 4.74 Å². The first-order valence-corrected chi connectivity index (χ1v) is 11.0. The van der Waals surface area contributed by atoms with Crippen LogP contribution in [0, 0.1) is 3.57 Å². The second-order valence-electron chi connectivity index (χ2n) is 9.90. The Morgan fingerprint density at radius 2 is 1.27 bits per heavy atom. The van der Waals surface area contributed by atoms with Gasteiger partial charge in [-0.25, -0.2) is 0 Å². The van der Waals surface area contributed by atoms with Crippen molar-refractivity contribution in [2.24, 2.45) is 0 Å². The zero-order valence-corrected chi connectivity index (χ0v) is 20.7. The predicted molar refractivity (Wildman–Crippen MR) is 123 cm³/mol. The van der Waals surface area contributed by atoms with Gasteiger partial charge in [0.25, 0.3) is 0 Å². The molecule has 3 rings (SSSR count). The summed E-state index contributed by atoms with van der Waals surface area (Å²) in [7, 11) is 0. The molecule has 0 bridgehead atoms. The highest BCUT2D eigenvalue weighted by Gasteiger charge is 2.38. The van der Waals surface area contributed by atoms with Gasteiger partial charge in [0.05, 0.1) is 8.04 Å². The fourth-order valence-electron chi connectivity index (χ4n) is 3.44. The average Bonchev–Trinajstić information content (AvgIpc) is 2.47. The van der Waals surface area contributed by atoms with E-state index < -0.39 is 0 Å². The lowest BCUT2D eigenvalue weighted by atomic mass is 9.72. The molecular formula is C23H28BrIO. The van der Waals surface area contributed by atoms with Crippen molar-refractivity contribution in [1.29, 1.82) is 0 Å². The Balaban J connectivity index is 2.29. The Morgan fingerprint density at radius 1 is 0.808 bits per heavy atom. The van der Waals surface area contributed by atoms with Crippen molar-refractivity contribution in [2.75, 3.05) is 0 Å². The van der Waals surface area contributed by atoms with Crippen LogP contribution in [0.4, 0.5) is 0 Å². The van der Waals surface area contributed by atoms with Crippen LogP contribution in [0.5, 0.6) is 11.5 Å². The lowest BCUT2D eigenvalue weighted by molar-refractivity contribution is 0.409. The van der Waals surface area contributed by atoms with E-state index in [1.54, 1.807) is 0 Å². The summed E-state index contributed by atoms with van der Waals surface area (Å²) in [6, 6.07) is 9.14. The molecular weight excluding hydrogens is 499 g/mol. The first-order valence-electron chi connectivity index (χ1n) is 9.10. The third kappa shape index (κ3) is 3.34. The molecule has 0 spiro atoms. The molecule has 2 aromatic rings. The molecule has 0 fully saturated rings. The minimum atomic E-state index is -0.117. The number of hydrogen-bond acceptors (Lipinski definition) is 1. The second kappa shape index (κ2) is 6.23. The molecule has 0 aliphatic carbocycles. The van der Waals surface area contributed by atoms with Crippen LogP contribution in [0.1, 0.15) is 77.6 Å². The smallest absolute Gasteiger partial charge is 0.145 e. The number of rotatable bonds is 0. The normalized spacial score (nSPS) is 15.9.